The monoisotopic (exact) mass is 276 g/mol. The van der Waals surface area contributed by atoms with E-state index in [2.05, 4.69) is 16.4 Å². The molecule has 5 heteroatoms. The Morgan fingerprint density at radius 2 is 2.11 bits per heavy atom. The van der Waals surface area contributed by atoms with Gasteiger partial charge in [0.1, 0.15) is 0 Å². The molecule has 2 aliphatic rings. The third-order valence-electron chi connectivity index (χ3n) is 4.43. The second-order valence-electron chi connectivity index (χ2n) is 5.62. The van der Waals surface area contributed by atoms with E-state index in [1.165, 1.54) is 0 Å². The van der Waals surface area contributed by atoms with Crippen molar-refractivity contribution >= 4 is 9.47 Å². The second-order valence-corrected chi connectivity index (χ2v) is 5.89. The first-order chi connectivity index (χ1) is 8.65. The Morgan fingerprint density at radius 3 is 2.78 bits per heavy atom. The molecule has 0 radical (unpaired) electrons. The Kier molecular flexibility index (Phi) is 5.40. The molecule has 0 spiro atoms. The Bertz CT molecular complexity index is 263. The lowest BCUT2D eigenvalue weighted by atomic mass is 9.87. The SMILES string of the molecule is CCC[C@H](CC[C@@H]1[C@H]2CC(O)O[C@H]2C[C@H]1O)OP. The maximum Gasteiger partial charge on any atom is 0.155 e. The summed E-state index contributed by atoms with van der Waals surface area (Å²) in [6.45, 7) is 2.15. The summed E-state index contributed by atoms with van der Waals surface area (Å²) in [5.74, 6) is 0.577. The lowest BCUT2D eigenvalue weighted by Gasteiger charge is -2.22. The minimum atomic E-state index is -0.626. The largest absolute Gasteiger partial charge is 0.393 e. The zero-order valence-electron chi connectivity index (χ0n) is 11.0. The Balaban J connectivity index is 1.84. The first-order valence-corrected chi connectivity index (χ1v) is 7.50. The van der Waals surface area contributed by atoms with Gasteiger partial charge in [-0.3, -0.25) is 0 Å². The van der Waals surface area contributed by atoms with Crippen LogP contribution in [0.3, 0.4) is 0 Å². The number of rotatable bonds is 6. The predicted molar refractivity (Wildman–Crippen MR) is 71.8 cm³/mol. The molecule has 2 N–H and O–H groups in total. The Morgan fingerprint density at radius 1 is 1.33 bits per heavy atom. The maximum absolute atomic E-state index is 10.1. The van der Waals surface area contributed by atoms with Crippen molar-refractivity contribution in [3.63, 3.8) is 0 Å². The maximum atomic E-state index is 10.1. The molecule has 1 aliphatic heterocycles. The summed E-state index contributed by atoms with van der Waals surface area (Å²) in [5, 5.41) is 19.6. The summed E-state index contributed by atoms with van der Waals surface area (Å²) in [4.78, 5) is 0. The fourth-order valence-corrected chi connectivity index (χ4v) is 3.78. The van der Waals surface area contributed by atoms with Gasteiger partial charge in [0.05, 0.1) is 18.3 Å². The average Bonchev–Trinajstić information content (AvgIpc) is 2.80. The summed E-state index contributed by atoms with van der Waals surface area (Å²) in [6.07, 6.45) is 4.85. The third kappa shape index (κ3) is 3.23. The highest BCUT2D eigenvalue weighted by atomic mass is 31.0. The van der Waals surface area contributed by atoms with Crippen LogP contribution in [0, 0.1) is 11.8 Å². The number of fused-ring (bicyclic) bond motifs is 1. The van der Waals surface area contributed by atoms with Crippen LogP contribution in [-0.2, 0) is 9.26 Å². The van der Waals surface area contributed by atoms with Gasteiger partial charge >= 0.3 is 0 Å². The Labute approximate surface area is 111 Å². The van der Waals surface area contributed by atoms with Gasteiger partial charge in [0, 0.05) is 22.3 Å². The lowest BCUT2D eigenvalue weighted by molar-refractivity contribution is -0.0951. The van der Waals surface area contributed by atoms with Crippen LogP contribution in [0.15, 0.2) is 0 Å². The fraction of sp³-hybridized carbons (Fsp3) is 1.00. The van der Waals surface area contributed by atoms with Gasteiger partial charge in [0.25, 0.3) is 0 Å². The van der Waals surface area contributed by atoms with Crippen LogP contribution < -0.4 is 0 Å². The minimum absolute atomic E-state index is 0.0570. The van der Waals surface area contributed by atoms with Crippen LogP contribution in [0.1, 0.15) is 45.4 Å². The van der Waals surface area contributed by atoms with Gasteiger partial charge in [-0.05, 0) is 31.1 Å². The topological polar surface area (TPSA) is 58.9 Å². The van der Waals surface area contributed by atoms with Gasteiger partial charge < -0.3 is 19.5 Å². The van der Waals surface area contributed by atoms with Crippen molar-refractivity contribution in [2.75, 3.05) is 0 Å². The van der Waals surface area contributed by atoms with Gasteiger partial charge in [0.2, 0.25) is 0 Å². The van der Waals surface area contributed by atoms with Crippen molar-refractivity contribution < 1.29 is 19.5 Å². The molecule has 0 aromatic rings. The molecular formula is C13H25O4P. The van der Waals surface area contributed by atoms with Gasteiger partial charge in [0.15, 0.2) is 6.29 Å². The quantitative estimate of drug-likeness (QED) is 0.727. The van der Waals surface area contributed by atoms with Crippen molar-refractivity contribution in [3.8, 4) is 0 Å². The molecule has 1 heterocycles. The number of aliphatic hydroxyl groups excluding tert-OH is 2. The summed E-state index contributed by atoms with van der Waals surface area (Å²) in [6, 6.07) is 0. The van der Waals surface area contributed by atoms with E-state index in [-0.39, 0.29) is 24.2 Å². The zero-order valence-corrected chi connectivity index (χ0v) is 12.1. The number of hydrogen-bond donors (Lipinski definition) is 2. The first-order valence-electron chi connectivity index (χ1n) is 7.02. The molecule has 106 valence electrons. The second kappa shape index (κ2) is 6.62. The number of ether oxygens (including phenoxy) is 1. The minimum Gasteiger partial charge on any atom is -0.393 e. The molecule has 1 aliphatic carbocycles. The van der Waals surface area contributed by atoms with Gasteiger partial charge in [-0.25, -0.2) is 0 Å². The molecule has 0 bridgehead atoms. The van der Waals surface area contributed by atoms with E-state index in [4.69, 9.17) is 9.26 Å². The van der Waals surface area contributed by atoms with Crippen molar-refractivity contribution in [1.29, 1.82) is 0 Å². The summed E-state index contributed by atoms with van der Waals surface area (Å²) < 4.78 is 10.8. The third-order valence-corrected chi connectivity index (χ3v) is 4.81. The molecule has 2 unspecified atom stereocenters. The van der Waals surface area contributed by atoms with Crippen LogP contribution in [0.4, 0.5) is 0 Å². The first kappa shape index (κ1) is 14.7. The van der Waals surface area contributed by atoms with Crippen molar-refractivity contribution in [1.82, 2.24) is 0 Å². The molecule has 1 saturated heterocycles. The average molecular weight is 276 g/mol. The predicted octanol–water partition coefficient (Wildman–Crippen LogP) is 1.85. The van der Waals surface area contributed by atoms with E-state index in [0.717, 1.165) is 25.7 Å². The highest BCUT2D eigenvalue weighted by Crippen LogP contribution is 2.45. The van der Waals surface area contributed by atoms with E-state index >= 15 is 0 Å². The summed E-state index contributed by atoms with van der Waals surface area (Å²) >= 11 is 0. The molecule has 0 aromatic heterocycles. The van der Waals surface area contributed by atoms with E-state index in [0.29, 0.717) is 18.8 Å². The van der Waals surface area contributed by atoms with E-state index in [1.54, 1.807) is 0 Å². The molecule has 0 amide bonds. The smallest absolute Gasteiger partial charge is 0.155 e. The van der Waals surface area contributed by atoms with Crippen molar-refractivity contribution in [3.05, 3.63) is 0 Å². The summed E-state index contributed by atoms with van der Waals surface area (Å²) in [5.41, 5.74) is 0. The molecular weight excluding hydrogens is 251 g/mol. The van der Waals surface area contributed by atoms with E-state index < -0.39 is 6.29 Å². The lowest BCUT2D eigenvalue weighted by Crippen LogP contribution is -2.22. The normalized spacial score (nSPS) is 41.0. The standard InChI is InChI=1S/C13H25O4P/c1-2-3-8(17-18)4-5-9-10-6-13(15)16-12(10)7-11(9)14/h8-15H,2-7,18H2,1H3/t8-,9-,10-,11-,12+,13?/m1/s1. The zero-order chi connectivity index (χ0) is 13.1. The molecule has 18 heavy (non-hydrogen) atoms. The van der Waals surface area contributed by atoms with Crippen LogP contribution in [0.25, 0.3) is 0 Å². The molecule has 0 aromatic carbocycles. The van der Waals surface area contributed by atoms with E-state index in [9.17, 15) is 10.2 Å². The Hall–Kier alpha value is 0.270. The number of hydrogen-bond acceptors (Lipinski definition) is 4. The molecule has 2 rings (SSSR count). The van der Waals surface area contributed by atoms with E-state index in [1.807, 2.05) is 0 Å². The van der Waals surface area contributed by atoms with Gasteiger partial charge in [-0.2, -0.15) is 0 Å². The fourth-order valence-electron chi connectivity index (χ4n) is 3.51. The molecule has 4 nitrogen and oxygen atoms in total. The number of aliphatic hydroxyl groups is 2. The van der Waals surface area contributed by atoms with Gasteiger partial charge in [-0.15, -0.1) is 0 Å². The van der Waals surface area contributed by atoms with Crippen LogP contribution in [-0.4, -0.2) is 34.8 Å². The molecule has 2 fully saturated rings. The van der Waals surface area contributed by atoms with Crippen molar-refractivity contribution in [2.45, 2.75) is 70.1 Å². The van der Waals surface area contributed by atoms with Crippen LogP contribution in [0.2, 0.25) is 0 Å². The summed E-state index contributed by atoms with van der Waals surface area (Å²) in [7, 11) is 2.35. The molecule has 7 atom stereocenters. The van der Waals surface area contributed by atoms with Crippen molar-refractivity contribution in [2.24, 2.45) is 11.8 Å². The highest BCUT2D eigenvalue weighted by Gasteiger charge is 2.48. The highest BCUT2D eigenvalue weighted by molar-refractivity contribution is 7.09. The molecule has 1 saturated carbocycles. The van der Waals surface area contributed by atoms with Crippen LogP contribution >= 0.6 is 9.47 Å². The van der Waals surface area contributed by atoms with Gasteiger partial charge in [-0.1, -0.05) is 13.3 Å². The van der Waals surface area contributed by atoms with Crippen LogP contribution in [0.5, 0.6) is 0 Å².